The molecule has 0 atom stereocenters. The summed E-state index contributed by atoms with van der Waals surface area (Å²) in [7, 11) is -3.38. The molecule has 1 fully saturated rings. The lowest BCUT2D eigenvalue weighted by Crippen LogP contribution is -2.48. The zero-order valence-electron chi connectivity index (χ0n) is 42.8. The summed E-state index contributed by atoms with van der Waals surface area (Å²) in [4.78, 5) is 30.6. The van der Waals surface area contributed by atoms with E-state index in [-0.39, 0.29) is 22.3 Å². The first-order valence-corrected chi connectivity index (χ1v) is 17.0. The number of ether oxygens (including phenoxy) is 1. The maximum Gasteiger partial charge on any atom is 0.416 e. The monoisotopic (exact) mass is 764 g/mol. The van der Waals surface area contributed by atoms with Crippen molar-refractivity contribution in [3.63, 3.8) is 0 Å². The molecule has 0 saturated carbocycles. The van der Waals surface area contributed by atoms with Crippen molar-refractivity contribution in [3.05, 3.63) is 135 Å². The van der Waals surface area contributed by atoms with Crippen LogP contribution in [0.3, 0.4) is 0 Å². The van der Waals surface area contributed by atoms with Crippen LogP contribution in [0.25, 0.3) is 22.0 Å². The van der Waals surface area contributed by atoms with Crippen LogP contribution in [0.15, 0.2) is 101 Å². The van der Waals surface area contributed by atoms with Gasteiger partial charge in [-0.2, -0.15) is 13.2 Å². The van der Waals surface area contributed by atoms with Gasteiger partial charge in [0.05, 0.1) is 40.5 Å². The Morgan fingerprint density at radius 2 is 1.72 bits per heavy atom. The summed E-state index contributed by atoms with van der Waals surface area (Å²) in [6, 6.07) is 7.35. The molecule has 2 heterocycles. The summed E-state index contributed by atoms with van der Waals surface area (Å²) in [5.41, 5.74) is -3.33. The lowest BCUT2D eigenvalue weighted by Gasteiger charge is -2.39. The molecule has 278 valence electrons. The van der Waals surface area contributed by atoms with E-state index in [1.54, 1.807) is 0 Å². The van der Waals surface area contributed by atoms with Crippen LogP contribution in [0.2, 0.25) is 0 Å². The first-order chi connectivity index (χ1) is 31.3. The Hall–Kier alpha value is -4.52. The highest BCUT2D eigenvalue weighted by Gasteiger charge is 2.31. The van der Waals surface area contributed by atoms with E-state index in [2.05, 4.69) is 4.74 Å². The first-order valence-electron chi connectivity index (χ1n) is 23.5. The van der Waals surface area contributed by atoms with E-state index in [9.17, 15) is 32.2 Å². The second-order valence-electron chi connectivity index (χ2n) is 11.9. The number of halogens is 5. The van der Waals surface area contributed by atoms with E-state index in [4.69, 9.17) is 15.1 Å². The van der Waals surface area contributed by atoms with E-state index in [1.807, 2.05) is 0 Å². The zero-order chi connectivity index (χ0) is 50.9. The molecule has 0 bridgehead atoms. The van der Waals surface area contributed by atoms with Crippen molar-refractivity contribution < 1.29 is 52.0 Å². The van der Waals surface area contributed by atoms with Crippen molar-refractivity contribution >= 4 is 28.6 Å². The Morgan fingerprint density at radius 3 is 2.40 bits per heavy atom. The topological polar surface area (TPSA) is 54.8 Å². The molecule has 0 radical (unpaired) electrons. The van der Waals surface area contributed by atoms with Crippen molar-refractivity contribution in [2.45, 2.75) is 55.8 Å². The number of carbonyl (C=O) groups is 1. The lowest BCUT2D eigenvalue weighted by molar-refractivity contribution is -0.137. The van der Waals surface area contributed by atoms with Gasteiger partial charge in [0, 0.05) is 64.6 Å². The molecule has 4 aromatic carbocycles. The van der Waals surface area contributed by atoms with Gasteiger partial charge in [-0.05, 0) is 66.7 Å². The molecule has 1 aliphatic rings. The van der Waals surface area contributed by atoms with Gasteiger partial charge in [0.25, 0.3) is 0 Å². The second-order valence-corrected chi connectivity index (χ2v) is 12.9. The van der Waals surface area contributed by atoms with Crippen LogP contribution in [0.4, 0.5) is 22.0 Å². The predicted molar refractivity (Wildman–Crippen MR) is 198 cm³/mol. The molecule has 0 spiro atoms. The molecule has 1 amide bonds. The van der Waals surface area contributed by atoms with Gasteiger partial charge in [-0.15, -0.1) is 11.8 Å². The average Bonchev–Trinajstić information content (AvgIpc) is 3.25. The third-order valence-corrected chi connectivity index (χ3v) is 9.39. The maximum absolute atomic E-state index is 15.3. The molecule has 1 aliphatic heterocycles. The number of hydrogen-bond acceptors (Lipinski definition) is 5. The molecule has 5 aromatic rings. The minimum absolute atomic E-state index is 0.224. The molecular weight excluding hydrogens is 710 g/mol. The van der Waals surface area contributed by atoms with Crippen LogP contribution in [0.5, 0.6) is 0 Å². The number of alkyl halides is 3. The quantitative estimate of drug-likeness (QED) is 0.0941. The number of hydrogen-bond donors (Lipinski definition) is 0. The summed E-state index contributed by atoms with van der Waals surface area (Å²) in [6.45, 7) is -13.2. The van der Waals surface area contributed by atoms with Crippen molar-refractivity contribution in [3.8, 4) is 11.1 Å². The third-order valence-electron chi connectivity index (χ3n) is 8.38. The Bertz CT molecular complexity index is 2800. The smallest absolute Gasteiger partial charge is 0.383 e. The van der Waals surface area contributed by atoms with Crippen LogP contribution < -0.4 is 5.43 Å². The minimum atomic E-state index is -4.63. The Morgan fingerprint density at radius 1 is 1.02 bits per heavy atom. The van der Waals surface area contributed by atoms with E-state index < -0.39 is 146 Å². The van der Waals surface area contributed by atoms with Gasteiger partial charge in [-0.1, -0.05) is 60.1 Å². The number of pyridine rings is 1. The van der Waals surface area contributed by atoms with Crippen LogP contribution in [0, 0.1) is 18.6 Å². The van der Waals surface area contributed by atoms with Crippen molar-refractivity contribution in [1.82, 2.24) is 14.4 Å². The number of methoxy groups -OCH3 is 1. The number of nitrogens with zero attached hydrogens (tertiary/aromatic N) is 3. The number of thioether (sulfide) groups is 1. The molecule has 0 unspecified atom stereocenters. The summed E-state index contributed by atoms with van der Waals surface area (Å²) < 4.78 is 203. The van der Waals surface area contributed by atoms with Gasteiger partial charge < -0.3 is 19.1 Å². The Labute approximate surface area is 330 Å². The van der Waals surface area contributed by atoms with E-state index in [0.29, 0.717) is 26.8 Å². The highest BCUT2D eigenvalue weighted by molar-refractivity contribution is 7.98. The van der Waals surface area contributed by atoms with Crippen LogP contribution >= 0.6 is 11.8 Å². The maximum atomic E-state index is 15.3. The number of fused-ring (bicyclic) bond motifs is 1. The predicted octanol–water partition coefficient (Wildman–Crippen LogP) is 8.71. The fraction of sp³-hybridized carbons (Fsp3) is 0.317. The normalized spacial score (nSPS) is 19.6. The molecule has 6 nitrogen and oxygen atoms in total. The summed E-state index contributed by atoms with van der Waals surface area (Å²) in [6.07, 6.45) is -5.52. The third kappa shape index (κ3) is 9.17. The number of benzene rings is 4. The molecule has 12 heteroatoms. The van der Waals surface area contributed by atoms with Crippen LogP contribution in [-0.4, -0.2) is 59.5 Å². The van der Waals surface area contributed by atoms with Gasteiger partial charge in [0.15, 0.2) is 17.1 Å². The minimum Gasteiger partial charge on any atom is -0.383 e. The fourth-order valence-corrected chi connectivity index (χ4v) is 6.61. The first kappa shape index (κ1) is 23.3. The Kier molecular flexibility index (Phi) is 7.32. The number of amides is 1. The summed E-state index contributed by atoms with van der Waals surface area (Å²) >= 11 is 0.370. The molecule has 1 saturated heterocycles. The highest BCUT2D eigenvalue weighted by atomic mass is 32.2. The van der Waals surface area contributed by atoms with Crippen molar-refractivity contribution in [1.29, 1.82) is 0 Å². The van der Waals surface area contributed by atoms with Gasteiger partial charge in [-0.25, -0.2) is 8.78 Å². The van der Waals surface area contributed by atoms with Gasteiger partial charge >= 0.3 is 6.18 Å². The van der Waals surface area contributed by atoms with Crippen LogP contribution in [-0.2, 0) is 34.5 Å². The molecular formula is C41H40F5N3O3S. The van der Waals surface area contributed by atoms with E-state index in [0.717, 1.165) is 35.2 Å². The van der Waals surface area contributed by atoms with Crippen LogP contribution in [0.1, 0.15) is 55.7 Å². The van der Waals surface area contributed by atoms with E-state index in [1.165, 1.54) is 43.3 Å². The van der Waals surface area contributed by atoms with E-state index >= 15 is 4.79 Å². The second kappa shape index (κ2) is 16.7. The number of piperidine rings is 1. The molecule has 0 N–H and O–H groups in total. The SMILES string of the molecule is [2H]c1c(C)c([2H])c2c(=O)c([2H])c(SCc3cccc(F)c3F)n(C([2H])([2H])C(=O)N(C3CCN(C([2H])([2H])C([2H])([2H])OC([2H])([2H])[2H])CC3)C([2H])([2H])c3ccc(-c4ccc(C(F)(F)F)cc4)cc3)c2c1[2H]. The molecule has 6 rings (SSSR count). The van der Waals surface area contributed by atoms with Gasteiger partial charge in [0.2, 0.25) is 5.91 Å². The van der Waals surface area contributed by atoms with Gasteiger partial charge in [0.1, 0.15) is 6.50 Å². The zero-order valence-corrected chi connectivity index (χ0v) is 28.6. The standard InChI is InChI=1S/C41H40F5N3O3S/c1-27-6-15-36-34(22-27)37(50)23-39(53-26-31-4-3-5-35(42)40(31)43)49(36)25-38(51)48(33-16-18-47(19-17-33)20-21-52-2)24-28-7-9-29(10-8-28)30-11-13-32(14-12-30)41(44,45)46/h3-15,22-23,33H,16-21,24-26H2,1-2H3/i2D3,6D,15D,20D2,21D2,22D,23D,24D2,25D2. The summed E-state index contributed by atoms with van der Waals surface area (Å²) in [5, 5.41) is -1.52. The molecule has 1 aromatic heterocycles. The molecule has 53 heavy (non-hydrogen) atoms. The van der Waals surface area contributed by atoms with Gasteiger partial charge in [-0.3, -0.25) is 9.59 Å². The largest absolute Gasteiger partial charge is 0.416 e. The Balaban J connectivity index is 1.52. The number of carbonyl (C=O) groups excluding carboxylic acids is 1. The van der Waals surface area contributed by atoms with Crippen molar-refractivity contribution in [2.24, 2.45) is 0 Å². The molecule has 0 aliphatic carbocycles. The average molecular weight is 765 g/mol. The lowest BCUT2D eigenvalue weighted by atomic mass is 10.00. The number of aromatic nitrogens is 1. The summed E-state index contributed by atoms with van der Waals surface area (Å²) in [5.74, 6) is -4.99. The number of rotatable bonds is 12. The van der Waals surface area contributed by atoms with Crippen molar-refractivity contribution in [2.75, 3.05) is 33.2 Å². The highest BCUT2D eigenvalue weighted by Crippen LogP contribution is 2.32. The number of likely N-dealkylation sites (tertiary alicyclic amines) is 1. The fourth-order valence-electron chi connectivity index (χ4n) is 5.66.